The molecular formula is C47H97N16O24P9. The molecule has 0 aliphatic carbocycles. The summed E-state index contributed by atoms with van der Waals surface area (Å²) in [6.45, 7) is 11.1. The van der Waals surface area contributed by atoms with E-state index in [1.54, 1.807) is 12.1 Å². The second-order valence-corrected chi connectivity index (χ2v) is 38.0. The Balaban J connectivity index is 0.00000127. The van der Waals surface area contributed by atoms with Gasteiger partial charge >= 0.3 is 135 Å². The van der Waals surface area contributed by atoms with Crippen molar-refractivity contribution in [1.29, 1.82) is 1.28 Å². The monoisotopic (exact) mass is 1550 g/mol. The molecule has 0 radical (unpaired) electrons. The largest absolute Gasteiger partial charge is 0.490 e. The Morgan fingerprint density at radius 2 is 1.10 bits per heavy atom. The number of phosphoric acid groups is 3. The van der Waals surface area contributed by atoms with Gasteiger partial charge in [0.1, 0.15) is 60.3 Å². The Hall–Kier alpha value is -2.48. The molecule has 15 atom stereocenters. The maximum atomic E-state index is 12.0. The van der Waals surface area contributed by atoms with Crippen LogP contribution in [0, 0.1) is 0 Å². The fraction of sp³-hybridized carbons (Fsp3) is 0.745. The third-order valence-corrected chi connectivity index (χ3v) is 29.0. The molecule has 2 saturated heterocycles. The van der Waals surface area contributed by atoms with Gasteiger partial charge in [0.05, 0.1) is 25.9 Å². The molecule has 4 aromatic heterocycles. The van der Waals surface area contributed by atoms with Gasteiger partial charge in [-0.05, 0) is 35.3 Å². The molecule has 96 heavy (non-hydrogen) atoms. The maximum Gasteiger partial charge on any atom is 0.490 e. The summed E-state index contributed by atoms with van der Waals surface area (Å²) in [7, 11) is -20.2. The van der Waals surface area contributed by atoms with Crippen molar-refractivity contribution >= 4 is 94.6 Å². The number of nitrogen functional groups attached to an aromatic ring is 2. The third-order valence-electron chi connectivity index (χ3n) is 13.4. The van der Waals surface area contributed by atoms with Crippen molar-refractivity contribution in [3.63, 3.8) is 0 Å². The van der Waals surface area contributed by atoms with Gasteiger partial charge in [-0.3, -0.25) is 4.52 Å². The normalized spacial score (nSPS) is 22.9. The fourth-order valence-corrected chi connectivity index (χ4v) is 15.3. The van der Waals surface area contributed by atoms with E-state index in [1.807, 2.05) is 13.8 Å². The first-order chi connectivity index (χ1) is 45.2. The zero-order valence-electron chi connectivity index (χ0n) is 54.2. The number of aromatic nitrogens is 6. The standard InChI is InChI=1S/C11H16N7O13P3.C11H13N7O4.C8H22N2O7P2.2C8H18.CH4.H6P4/c12-10-6-2-1-5(18(6)15-4-14-10)8-7(19)9(20)11(29-8,16-17-13)3-28-33(24,25)31-34(26,27)30-32(21,22)23;12-10-6-2-1-5(18(6)15-4-14-10)8-7(20)9(21)11(3-19,22-8)16-17-13;1-3-5-7-9-19(16-12,17-15-11,18(13)14)10-8-6-4-2;2*1-3-5-7-8-6-4-2;;1-3-4-2/h1-2,4,7-9,19-20H,3H2,(H,24,25)(H,26,27)(H2,12,14,15)(H2,21,22,23);1-2,4,7-9,19-21H,3H2,(H2,12,14,15);9-12H,3-8H2,1-2H3;2*3-8H2,1-2H3;1H4;3-4H,1-2H2/t2*7-,8-,9-,11+;;;;;/m00...../s1/i;;;;;;3T. The number of azide groups is 2. The van der Waals surface area contributed by atoms with Crippen LogP contribution in [0.2, 0.25) is 0 Å². The summed E-state index contributed by atoms with van der Waals surface area (Å²) in [6.07, 6.45) is 12.6. The first kappa shape index (κ1) is 91.5. The number of hydrogen-bond acceptors (Lipinski definition) is 30. The van der Waals surface area contributed by atoms with Crippen LogP contribution in [0.3, 0.4) is 0 Å². The molecule has 2 aliphatic rings. The van der Waals surface area contributed by atoms with Crippen molar-refractivity contribution in [1.82, 2.24) is 39.4 Å². The molecule has 17 N–H and O–H groups in total. The van der Waals surface area contributed by atoms with Crippen LogP contribution < -0.4 is 26.5 Å². The molecule has 4 aromatic rings. The van der Waals surface area contributed by atoms with Gasteiger partial charge in [-0.1, -0.05) is 138 Å². The van der Waals surface area contributed by atoms with Crippen molar-refractivity contribution in [2.24, 2.45) is 10.2 Å². The summed E-state index contributed by atoms with van der Waals surface area (Å²) >= 11 is 0. The van der Waals surface area contributed by atoms with Crippen molar-refractivity contribution in [2.75, 3.05) is 37.8 Å². The molecule has 554 valence electrons. The predicted octanol–water partition coefficient (Wildman–Crippen LogP) is 9.67. The van der Waals surface area contributed by atoms with Gasteiger partial charge in [-0.2, -0.15) is 18.8 Å². The smallest absolute Gasteiger partial charge is 0.393 e. The first-order valence-corrected chi connectivity index (χ1v) is 44.2. The molecule has 0 amide bonds. The van der Waals surface area contributed by atoms with Gasteiger partial charge in [0.25, 0.3) is 0 Å². The predicted molar refractivity (Wildman–Crippen MR) is 367 cm³/mol. The number of fused-ring (bicyclic) bond motifs is 2. The number of nitrogens with two attached hydrogens (primary N) is 2. The van der Waals surface area contributed by atoms with Gasteiger partial charge in [0, 0.05) is 9.82 Å². The van der Waals surface area contributed by atoms with Crippen LogP contribution in [0.1, 0.15) is 175 Å². The van der Waals surface area contributed by atoms with Gasteiger partial charge < -0.3 is 66.0 Å². The van der Waals surface area contributed by atoms with Crippen LogP contribution in [0.15, 0.2) is 47.1 Å². The Kier molecular flexibility index (Phi) is 44.7. The number of aliphatic hydroxyl groups is 5. The molecule has 2 fully saturated rings. The Bertz CT molecular complexity index is 3150. The average Bonchev–Trinajstić information content (AvgIpc) is 1.71. The van der Waals surface area contributed by atoms with Crippen LogP contribution in [0.4, 0.5) is 11.6 Å². The molecule has 6 rings (SSSR count). The van der Waals surface area contributed by atoms with E-state index in [0.29, 0.717) is 24.1 Å². The van der Waals surface area contributed by atoms with E-state index in [9.17, 15) is 58.5 Å². The second kappa shape index (κ2) is 46.9. The molecule has 49 heteroatoms. The van der Waals surface area contributed by atoms with Crippen molar-refractivity contribution in [3.05, 3.63) is 69.2 Å². The zero-order valence-corrected chi connectivity index (χ0v) is 61.8. The van der Waals surface area contributed by atoms with Gasteiger partial charge in [0.2, 0.25) is 0 Å². The van der Waals surface area contributed by atoms with Crippen molar-refractivity contribution in [2.45, 2.75) is 200 Å². The summed E-state index contributed by atoms with van der Waals surface area (Å²) in [5.74, 6) is 0.293. The maximum absolute atomic E-state index is 12.0. The Morgan fingerprint density at radius 1 is 0.719 bits per heavy atom. The van der Waals surface area contributed by atoms with Crippen molar-refractivity contribution < 1.29 is 116 Å². The molecule has 6 heterocycles. The molecule has 0 aromatic carbocycles. The molecule has 0 bridgehead atoms. The van der Waals surface area contributed by atoms with Gasteiger partial charge in [-0.15, -0.1) is 17.9 Å². The number of phosphoric ester groups is 1. The Morgan fingerprint density at radius 3 is 1.44 bits per heavy atom. The summed E-state index contributed by atoms with van der Waals surface area (Å²) in [6, 6.07) is 6.05. The zero-order chi connectivity index (χ0) is 73.0. The van der Waals surface area contributed by atoms with E-state index in [1.165, 1.54) is 105 Å². The number of nitrogens with one attached hydrogen (secondary N) is 2. The van der Waals surface area contributed by atoms with Gasteiger partial charge in [0.15, 0.2) is 23.1 Å². The van der Waals surface area contributed by atoms with E-state index in [4.69, 9.17) is 53.6 Å². The van der Waals surface area contributed by atoms with Crippen LogP contribution in [-0.4, -0.2) is 148 Å². The van der Waals surface area contributed by atoms with E-state index in [0.717, 1.165) is 27.1 Å². The van der Waals surface area contributed by atoms with Crippen molar-refractivity contribution in [3.8, 4) is 0 Å². The second-order valence-electron chi connectivity index (χ2n) is 20.4. The number of hydrogen-bond donors (Lipinski definition) is 15. The number of aliphatic hydroxyl groups excluding tert-OH is 5. The van der Waals surface area contributed by atoms with E-state index in [-0.39, 0.29) is 43.4 Å². The summed E-state index contributed by atoms with van der Waals surface area (Å²) in [4.78, 5) is 60.1. The minimum absolute atomic E-state index is 0. The summed E-state index contributed by atoms with van der Waals surface area (Å²) in [5, 5.41) is 91.1. The molecule has 7 unspecified atom stereocenters. The molecule has 40 nitrogen and oxygen atoms in total. The SMILES string of the molecule is C.CCCCCCCC.CCCCCCCC.CCCCNP(NCCCC)(OO)(OOO)[P+](=O)[O-].[3H]P(P)PP.[N-]=[N+]=N[C@]1(CO)O[C@@H](c2ccc3c(N)ncnn23)[C@H](O)[C@@H]1O.[N-]=[N+]=N[C@]1(COP(=O)(O)OP(=O)(O)OP(=O)(O)O)O[C@@H](c2ccc3c(N)ncnn23)[C@H](O)[C@@H]1O. The van der Waals surface area contributed by atoms with Crippen LogP contribution in [-0.2, 0) is 55.3 Å². The summed E-state index contributed by atoms with van der Waals surface area (Å²) < 4.78 is 86.1. The molecule has 0 spiro atoms. The van der Waals surface area contributed by atoms with E-state index < -0.39 is 107 Å². The van der Waals surface area contributed by atoms with E-state index in [2.05, 4.69) is 123 Å². The quantitative estimate of drug-likeness (QED) is 0.00387. The first-order valence-electron chi connectivity index (χ1n) is 30.0. The van der Waals surface area contributed by atoms with Crippen LogP contribution in [0.25, 0.3) is 31.9 Å². The van der Waals surface area contributed by atoms with Gasteiger partial charge in [-0.25, -0.2) is 32.7 Å². The number of unbranched alkanes of at least 4 members (excludes halogenated alkanes) is 12. The topological polar surface area (TPSA) is 622 Å². The molecule has 0 saturated carbocycles. The van der Waals surface area contributed by atoms with Crippen LogP contribution in [0.5, 0.6) is 0 Å². The number of ether oxygens (including phenoxy) is 2. The van der Waals surface area contributed by atoms with Crippen LogP contribution >= 0.6 is 71.9 Å². The Labute approximate surface area is 565 Å². The fourth-order valence-electron chi connectivity index (χ4n) is 8.56. The number of rotatable bonds is 35. The summed E-state index contributed by atoms with van der Waals surface area (Å²) in [5.41, 5.74) is 25.6. The number of anilines is 2. The molecule has 2 aliphatic heterocycles. The minimum atomic E-state index is -5.83. The van der Waals surface area contributed by atoms with E-state index >= 15 is 0 Å². The average molecular weight is 1550 g/mol. The minimum Gasteiger partial charge on any atom is -0.393 e. The molecular weight excluding hydrogens is 1450 g/mol. The third kappa shape index (κ3) is 28.7. The number of nitrogens with zero attached hydrogens (tertiary/aromatic N) is 12.